The van der Waals surface area contributed by atoms with E-state index in [0.717, 1.165) is 56.0 Å². The predicted molar refractivity (Wildman–Crippen MR) is 229 cm³/mol. The van der Waals surface area contributed by atoms with Crippen molar-refractivity contribution in [2.24, 2.45) is 0 Å². The number of fused-ring (bicyclic) bond motifs is 3. The van der Waals surface area contributed by atoms with Gasteiger partial charge in [-0.25, -0.2) is 9.97 Å². The molecule has 0 radical (unpaired) electrons. The second-order valence-electron chi connectivity index (χ2n) is 13.9. The van der Waals surface area contributed by atoms with Crippen LogP contribution in [-0.4, -0.2) is 14.5 Å². The third-order valence-corrected chi connectivity index (χ3v) is 10.4. The molecule has 0 saturated heterocycles. The molecule has 0 N–H and O–H groups in total. The van der Waals surface area contributed by atoms with E-state index in [2.05, 4.69) is 193 Å². The Morgan fingerprint density at radius 3 is 1.20 bits per heavy atom. The van der Waals surface area contributed by atoms with Crippen LogP contribution >= 0.6 is 0 Å². The highest BCUT2D eigenvalue weighted by Gasteiger charge is 2.15. The molecular formula is C52H35N3. The minimum absolute atomic E-state index is 0.706. The highest BCUT2D eigenvalue weighted by atomic mass is 15.0. The molecule has 3 nitrogen and oxygen atoms in total. The van der Waals surface area contributed by atoms with Crippen molar-refractivity contribution in [3.8, 4) is 73.0 Å². The van der Waals surface area contributed by atoms with E-state index in [1.54, 1.807) is 0 Å². The van der Waals surface area contributed by atoms with Gasteiger partial charge in [0.05, 0.1) is 22.4 Å². The summed E-state index contributed by atoms with van der Waals surface area (Å²) in [5.41, 5.74) is 15.4. The van der Waals surface area contributed by atoms with Gasteiger partial charge in [0.25, 0.3) is 0 Å². The average molecular weight is 702 g/mol. The van der Waals surface area contributed by atoms with Crippen molar-refractivity contribution in [3.63, 3.8) is 0 Å². The van der Waals surface area contributed by atoms with Crippen LogP contribution in [0.3, 0.4) is 0 Å². The summed E-state index contributed by atoms with van der Waals surface area (Å²) in [5, 5.41) is 2.54. The van der Waals surface area contributed by atoms with E-state index in [0.29, 0.717) is 5.82 Å². The van der Waals surface area contributed by atoms with Crippen LogP contribution in [0, 0.1) is 0 Å². The van der Waals surface area contributed by atoms with Crippen molar-refractivity contribution < 1.29 is 0 Å². The number of hydrogen-bond donors (Lipinski definition) is 0. The fourth-order valence-electron chi connectivity index (χ4n) is 7.67. The Morgan fingerprint density at radius 2 is 0.655 bits per heavy atom. The van der Waals surface area contributed by atoms with E-state index in [1.165, 1.54) is 32.9 Å². The van der Waals surface area contributed by atoms with Crippen molar-refractivity contribution >= 4 is 21.8 Å². The van der Waals surface area contributed by atoms with Gasteiger partial charge in [0.15, 0.2) is 5.82 Å². The van der Waals surface area contributed by atoms with Crippen LogP contribution in [0.4, 0.5) is 0 Å². The van der Waals surface area contributed by atoms with Gasteiger partial charge in [-0.15, -0.1) is 0 Å². The Bertz CT molecular complexity index is 2820. The van der Waals surface area contributed by atoms with E-state index >= 15 is 0 Å². The molecule has 0 aliphatic heterocycles. The zero-order valence-electron chi connectivity index (χ0n) is 30.0. The van der Waals surface area contributed by atoms with Gasteiger partial charge in [-0.2, -0.15) is 0 Å². The fourth-order valence-corrected chi connectivity index (χ4v) is 7.67. The lowest BCUT2D eigenvalue weighted by atomic mass is 9.93. The molecule has 8 aromatic carbocycles. The Morgan fingerprint density at radius 1 is 0.273 bits per heavy atom. The second-order valence-corrected chi connectivity index (χ2v) is 13.9. The third kappa shape index (κ3) is 6.18. The minimum atomic E-state index is 0.706. The first-order valence-corrected chi connectivity index (χ1v) is 18.7. The summed E-state index contributed by atoms with van der Waals surface area (Å²) in [5.74, 6) is 0.706. The molecule has 0 aliphatic rings. The third-order valence-electron chi connectivity index (χ3n) is 10.4. The maximum Gasteiger partial charge on any atom is 0.160 e. The molecule has 10 rings (SSSR count). The highest BCUT2D eigenvalue weighted by molar-refractivity contribution is 6.09. The lowest BCUT2D eigenvalue weighted by Crippen LogP contribution is -1.96. The van der Waals surface area contributed by atoms with Gasteiger partial charge in [0, 0.05) is 33.2 Å². The fraction of sp³-hybridized carbons (Fsp3) is 0. The van der Waals surface area contributed by atoms with Crippen LogP contribution in [0.5, 0.6) is 0 Å². The van der Waals surface area contributed by atoms with E-state index < -0.39 is 0 Å². The van der Waals surface area contributed by atoms with Crippen LogP contribution in [0.1, 0.15) is 0 Å². The van der Waals surface area contributed by atoms with Gasteiger partial charge in [0.2, 0.25) is 0 Å². The number of nitrogens with zero attached hydrogens (tertiary/aromatic N) is 3. The SMILES string of the molecule is c1ccc(-c2cc(-c3ccc(-c4ccc(-n5c6ccccc6c6ccccc65)cc4)cc3)cc(-c3cc(-c4ccccc4)nc(-c4ccccc4)n3)c2)cc1. The summed E-state index contributed by atoms with van der Waals surface area (Å²) < 4.78 is 2.36. The number of hydrogen-bond acceptors (Lipinski definition) is 2. The molecule has 0 saturated carbocycles. The van der Waals surface area contributed by atoms with Crippen molar-refractivity contribution in [1.82, 2.24) is 14.5 Å². The maximum atomic E-state index is 5.17. The summed E-state index contributed by atoms with van der Waals surface area (Å²) >= 11 is 0. The molecule has 0 amide bonds. The normalized spacial score (nSPS) is 11.3. The summed E-state index contributed by atoms with van der Waals surface area (Å²) in [7, 11) is 0. The molecule has 0 atom stereocenters. The van der Waals surface area contributed by atoms with E-state index in [1.807, 2.05) is 24.3 Å². The molecular weight excluding hydrogens is 667 g/mol. The van der Waals surface area contributed by atoms with Crippen LogP contribution in [0.15, 0.2) is 212 Å². The molecule has 55 heavy (non-hydrogen) atoms. The Labute approximate surface area is 320 Å². The molecule has 0 fully saturated rings. The number of para-hydroxylation sites is 2. The highest BCUT2D eigenvalue weighted by Crippen LogP contribution is 2.36. The first kappa shape index (κ1) is 32.3. The van der Waals surface area contributed by atoms with E-state index in [9.17, 15) is 0 Å². The predicted octanol–water partition coefficient (Wildman–Crippen LogP) is 13.6. The van der Waals surface area contributed by atoms with Gasteiger partial charge in [0.1, 0.15) is 0 Å². The van der Waals surface area contributed by atoms with Crippen molar-refractivity contribution in [1.29, 1.82) is 0 Å². The molecule has 258 valence electrons. The zero-order chi connectivity index (χ0) is 36.6. The largest absolute Gasteiger partial charge is 0.309 e. The molecule has 0 unspecified atom stereocenters. The van der Waals surface area contributed by atoms with Crippen molar-refractivity contribution in [2.45, 2.75) is 0 Å². The van der Waals surface area contributed by atoms with Gasteiger partial charge < -0.3 is 4.57 Å². The Hall–Kier alpha value is -7.36. The van der Waals surface area contributed by atoms with Crippen LogP contribution in [0.2, 0.25) is 0 Å². The number of benzene rings is 8. The first-order valence-electron chi connectivity index (χ1n) is 18.7. The summed E-state index contributed by atoms with van der Waals surface area (Å²) in [6, 6.07) is 75.2. The lowest BCUT2D eigenvalue weighted by Gasteiger charge is -2.14. The summed E-state index contributed by atoms with van der Waals surface area (Å²) in [4.78, 5) is 10.2. The van der Waals surface area contributed by atoms with Gasteiger partial charge in [-0.3, -0.25) is 0 Å². The number of aromatic nitrogens is 3. The second kappa shape index (κ2) is 13.9. The zero-order valence-corrected chi connectivity index (χ0v) is 30.0. The lowest BCUT2D eigenvalue weighted by molar-refractivity contribution is 1.18. The quantitative estimate of drug-likeness (QED) is 0.166. The first-order chi connectivity index (χ1) is 27.2. The summed E-state index contributed by atoms with van der Waals surface area (Å²) in [6.45, 7) is 0. The maximum absolute atomic E-state index is 5.17. The van der Waals surface area contributed by atoms with Crippen LogP contribution in [0.25, 0.3) is 94.8 Å². The molecule has 2 heterocycles. The van der Waals surface area contributed by atoms with Crippen LogP contribution < -0.4 is 0 Å². The molecule has 2 aromatic heterocycles. The molecule has 10 aromatic rings. The standard InChI is InChI=1S/C52H35N3/c1-4-14-36(15-5-1)42-32-43(34-44(33-42)49-35-48(40-16-6-2-7-17-40)53-52(54-49)41-18-8-3-9-19-41)39-26-24-37(25-27-39)38-28-30-45(31-29-38)55-50-22-12-10-20-46(50)47-21-11-13-23-51(47)55/h1-35H. The van der Waals surface area contributed by atoms with Gasteiger partial charge in [-0.1, -0.05) is 164 Å². The Balaban J connectivity index is 1.04. The molecule has 3 heteroatoms. The number of rotatable bonds is 7. The monoisotopic (exact) mass is 701 g/mol. The van der Waals surface area contributed by atoms with Crippen LogP contribution in [-0.2, 0) is 0 Å². The van der Waals surface area contributed by atoms with Crippen molar-refractivity contribution in [2.75, 3.05) is 0 Å². The smallest absolute Gasteiger partial charge is 0.160 e. The minimum Gasteiger partial charge on any atom is -0.309 e. The van der Waals surface area contributed by atoms with Gasteiger partial charge >= 0.3 is 0 Å². The molecule has 0 bridgehead atoms. The van der Waals surface area contributed by atoms with Crippen molar-refractivity contribution in [3.05, 3.63) is 212 Å². The Kier molecular flexibility index (Phi) is 8.16. The molecule has 0 spiro atoms. The summed E-state index contributed by atoms with van der Waals surface area (Å²) in [6.07, 6.45) is 0. The van der Waals surface area contributed by atoms with E-state index in [4.69, 9.17) is 9.97 Å². The van der Waals surface area contributed by atoms with Gasteiger partial charge in [-0.05, 0) is 81.9 Å². The molecule has 0 aliphatic carbocycles. The van der Waals surface area contributed by atoms with E-state index in [-0.39, 0.29) is 0 Å². The topological polar surface area (TPSA) is 30.7 Å². The average Bonchev–Trinajstić information content (AvgIpc) is 3.61.